The van der Waals surface area contributed by atoms with E-state index >= 15 is 0 Å². The van der Waals surface area contributed by atoms with Crippen molar-refractivity contribution in [3.63, 3.8) is 0 Å². The van der Waals surface area contributed by atoms with Crippen molar-refractivity contribution in [3.8, 4) is 0 Å². The highest BCUT2D eigenvalue weighted by Gasteiger charge is 2.22. The van der Waals surface area contributed by atoms with Crippen LogP contribution in [0, 0.1) is 13.8 Å². The summed E-state index contributed by atoms with van der Waals surface area (Å²) in [5.41, 5.74) is 0. The fraction of sp³-hybridized carbons (Fsp3) is 0.737. The summed E-state index contributed by atoms with van der Waals surface area (Å²) < 4.78 is 38.5. The van der Waals surface area contributed by atoms with Gasteiger partial charge < -0.3 is 19.7 Å². The van der Waals surface area contributed by atoms with Crippen LogP contribution >= 0.6 is 11.3 Å². The van der Waals surface area contributed by atoms with Crippen LogP contribution in [-0.2, 0) is 19.5 Å². The maximum Gasteiger partial charge on any atom is 0.241 e. The van der Waals surface area contributed by atoms with E-state index in [1.165, 1.54) is 11.3 Å². The average Bonchev–Trinajstić information content (AvgIpc) is 3.05. The number of thiophene rings is 1. The molecule has 0 spiro atoms. The van der Waals surface area contributed by atoms with Crippen LogP contribution in [0.4, 0.5) is 0 Å². The maximum absolute atomic E-state index is 12.5. The summed E-state index contributed by atoms with van der Waals surface area (Å²) in [6.45, 7) is 7.71. The highest BCUT2D eigenvalue weighted by atomic mass is 32.2. The Morgan fingerprint density at radius 3 is 2.59 bits per heavy atom. The Morgan fingerprint density at radius 1 is 1.28 bits per heavy atom. The first-order valence-corrected chi connectivity index (χ1v) is 12.3. The summed E-state index contributed by atoms with van der Waals surface area (Å²) in [6, 6.07) is 1.72. The molecule has 1 fully saturated rings. The average molecular weight is 447 g/mol. The first kappa shape index (κ1) is 24.1. The van der Waals surface area contributed by atoms with Crippen LogP contribution in [0.2, 0.25) is 0 Å². The van der Waals surface area contributed by atoms with Crippen LogP contribution in [0.25, 0.3) is 0 Å². The number of likely N-dealkylation sites (tertiary alicyclic amines) is 1. The SMILES string of the molecule is CN=C(NCCNS(=O)(=O)c1cc(C)sc1C)N1CCC(OCCCOC)CC1. The van der Waals surface area contributed by atoms with Crippen molar-refractivity contribution in [3.05, 3.63) is 15.8 Å². The van der Waals surface area contributed by atoms with E-state index in [9.17, 15) is 8.42 Å². The molecule has 1 aliphatic heterocycles. The fourth-order valence-electron chi connectivity index (χ4n) is 3.33. The second-order valence-corrected chi connectivity index (χ2v) is 10.2. The van der Waals surface area contributed by atoms with Crippen molar-refractivity contribution in [2.45, 2.75) is 44.1 Å². The Balaban J connectivity index is 1.71. The Bertz CT molecular complexity index is 756. The van der Waals surface area contributed by atoms with Gasteiger partial charge in [0, 0.05) is 63.3 Å². The van der Waals surface area contributed by atoms with Gasteiger partial charge in [0.15, 0.2) is 5.96 Å². The number of sulfonamides is 1. The summed E-state index contributed by atoms with van der Waals surface area (Å²) in [4.78, 5) is 8.70. The van der Waals surface area contributed by atoms with Crippen LogP contribution in [0.1, 0.15) is 29.0 Å². The van der Waals surface area contributed by atoms with E-state index in [2.05, 4.69) is 19.9 Å². The molecule has 0 radical (unpaired) electrons. The maximum atomic E-state index is 12.5. The minimum absolute atomic E-state index is 0.283. The zero-order chi connectivity index (χ0) is 21.3. The number of hydrogen-bond acceptors (Lipinski definition) is 6. The molecule has 10 heteroatoms. The lowest BCUT2D eigenvalue weighted by atomic mass is 10.1. The third kappa shape index (κ3) is 7.53. The van der Waals surface area contributed by atoms with Crippen LogP contribution in [0.5, 0.6) is 0 Å². The van der Waals surface area contributed by atoms with E-state index in [-0.39, 0.29) is 6.10 Å². The first-order valence-electron chi connectivity index (χ1n) is 10.00. The molecule has 0 saturated carbocycles. The van der Waals surface area contributed by atoms with Gasteiger partial charge in [-0.1, -0.05) is 0 Å². The number of aryl methyl sites for hydroxylation is 2. The van der Waals surface area contributed by atoms with Gasteiger partial charge in [0.05, 0.1) is 11.0 Å². The van der Waals surface area contributed by atoms with E-state index in [4.69, 9.17) is 9.47 Å². The number of ether oxygens (including phenoxy) is 2. The molecule has 0 amide bonds. The quantitative estimate of drug-likeness (QED) is 0.323. The van der Waals surface area contributed by atoms with Gasteiger partial charge in [-0.25, -0.2) is 13.1 Å². The third-order valence-electron chi connectivity index (χ3n) is 4.78. The molecule has 1 aromatic heterocycles. The molecule has 29 heavy (non-hydrogen) atoms. The van der Waals surface area contributed by atoms with Crippen molar-refractivity contribution in [1.29, 1.82) is 0 Å². The molecular weight excluding hydrogens is 412 g/mol. The van der Waals surface area contributed by atoms with Crippen LogP contribution in [0.3, 0.4) is 0 Å². The number of rotatable bonds is 10. The summed E-state index contributed by atoms with van der Waals surface area (Å²) >= 11 is 1.49. The molecule has 2 heterocycles. The monoisotopic (exact) mass is 446 g/mol. The number of aliphatic imine (C=N–C) groups is 1. The molecule has 0 aromatic carbocycles. The highest BCUT2D eigenvalue weighted by molar-refractivity contribution is 7.89. The lowest BCUT2D eigenvalue weighted by Crippen LogP contribution is -2.48. The molecule has 0 bridgehead atoms. The van der Waals surface area contributed by atoms with E-state index in [0.717, 1.165) is 61.3 Å². The highest BCUT2D eigenvalue weighted by Crippen LogP contribution is 2.24. The smallest absolute Gasteiger partial charge is 0.241 e. The molecule has 2 N–H and O–H groups in total. The molecule has 1 saturated heterocycles. The minimum Gasteiger partial charge on any atom is -0.385 e. The fourth-order valence-corrected chi connectivity index (χ4v) is 5.92. The van der Waals surface area contributed by atoms with Crippen LogP contribution in [-0.4, -0.2) is 78.9 Å². The number of nitrogens with one attached hydrogen (secondary N) is 2. The van der Waals surface area contributed by atoms with Gasteiger partial charge >= 0.3 is 0 Å². The largest absolute Gasteiger partial charge is 0.385 e. The molecule has 8 nitrogen and oxygen atoms in total. The summed E-state index contributed by atoms with van der Waals surface area (Å²) in [6.07, 6.45) is 3.11. The van der Waals surface area contributed by atoms with Gasteiger partial charge in [-0.05, 0) is 39.2 Å². The predicted molar refractivity (Wildman–Crippen MR) is 117 cm³/mol. The number of nitrogens with zero attached hydrogens (tertiary/aromatic N) is 2. The predicted octanol–water partition coefficient (Wildman–Crippen LogP) is 1.74. The van der Waals surface area contributed by atoms with E-state index in [1.807, 2.05) is 13.8 Å². The van der Waals surface area contributed by atoms with Gasteiger partial charge in [-0.3, -0.25) is 4.99 Å². The van der Waals surface area contributed by atoms with E-state index in [0.29, 0.717) is 18.0 Å². The third-order valence-corrected chi connectivity index (χ3v) is 7.47. The molecule has 1 aromatic rings. The normalized spacial score (nSPS) is 16.4. The molecule has 0 atom stereocenters. The Labute approximate surface area is 178 Å². The molecule has 1 aliphatic rings. The molecule has 0 aliphatic carbocycles. The lowest BCUT2D eigenvalue weighted by molar-refractivity contribution is 0.00992. The lowest BCUT2D eigenvalue weighted by Gasteiger charge is -2.34. The van der Waals surface area contributed by atoms with Crippen molar-refractivity contribution in [2.75, 3.05) is 53.6 Å². The Morgan fingerprint density at radius 2 is 2.00 bits per heavy atom. The second kappa shape index (κ2) is 11.8. The number of hydrogen-bond donors (Lipinski definition) is 2. The van der Waals surface area contributed by atoms with E-state index in [1.54, 1.807) is 20.2 Å². The number of piperidine rings is 1. The van der Waals surface area contributed by atoms with E-state index < -0.39 is 10.0 Å². The molecule has 0 unspecified atom stereocenters. The van der Waals surface area contributed by atoms with Crippen molar-refractivity contribution in [1.82, 2.24) is 14.9 Å². The van der Waals surface area contributed by atoms with Crippen molar-refractivity contribution < 1.29 is 17.9 Å². The summed E-state index contributed by atoms with van der Waals surface area (Å²) in [5.74, 6) is 0.796. The van der Waals surface area contributed by atoms with Gasteiger partial charge in [0.25, 0.3) is 0 Å². The summed E-state index contributed by atoms with van der Waals surface area (Å²) in [5, 5.41) is 3.25. The number of methoxy groups -OCH3 is 1. The van der Waals surface area contributed by atoms with Crippen molar-refractivity contribution >= 4 is 27.3 Å². The number of guanidine groups is 1. The summed E-state index contributed by atoms with van der Waals surface area (Å²) in [7, 11) is -0.0307. The van der Waals surface area contributed by atoms with Crippen molar-refractivity contribution in [2.24, 2.45) is 4.99 Å². The van der Waals surface area contributed by atoms with Gasteiger partial charge in [-0.2, -0.15) is 0 Å². The zero-order valence-corrected chi connectivity index (χ0v) is 19.5. The Kier molecular flexibility index (Phi) is 9.84. The minimum atomic E-state index is -3.48. The Hall–Kier alpha value is -1.20. The van der Waals surface area contributed by atoms with Gasteiger partial charge in [-0.15, -0.1) is 11.3 Å². The topological polar surface area (TPSA) is 92.3 Å². The van der Waals surface area contributed by atoms with Gasteiger partial charge in [0.1, 0.15) is 0 Å². The first-order chi connectivity index (χ1) is 13.9. The standard InChI is InChI=1S/C19H34N4O4S2/c1-15-14-18(16(2)28-15)29(24,25)22-9-8-21-19(20-3)23-10-6-17(7-11-23)27-13-5-12-26-4/h14,17,22H,5-13H2,1-4H3,(H,20,21). The molecule has 2 rings (SSSR count). The van der Waals surface area contributed by atoms with Crippen LogP contribution < -0.4 is 10.0 Å². The van der Waals surface area contributed by atoms with Crippen LogP contribution in [0.15, 0.2) is 16.0 Å². The second-order valence-electron chi connectivity index (χ2n) is 7.05. The van der Waals surface area contributed by atoms with Gasteiger partial charge in [0.2, 0.25) is 10.0 Å². The molecule has 166 valence electrons. The molecular formula is C19H34N4O4S2. The zero-order valence-electron chi connectivity index (χ0n) is 17.9.